The number of phenols is 1. The molecule has 0 spiro atoms. The lowest BCUT2D eigenvalue weighted by molar-refractivity contribution is 0.0746. The highest BCUT2D eigenvalue weighted by molar-refractivity contribution is 9.10. The molecule has 0 bridgehead atoms. The minimum absolute atomic E-state index is 0.0472. The summed E-state index contributed by atoms with van der Waals surface area (Å²) in [5.74, 6) is 1.34. The third-order valence-electron chi connectivity index (χ3n) is 4.55. The number of rotatable bonds is 5. The molecule has 0 unspecified atom stereocenters. The van der Waals surface area contributed by atoms with Crippen LogP contribution in [-0.4, -0.2) is 55.8 Å². The summed E-state index contributed by atoms with van der Waals surface area (Å²) in [7, 11) is 1.56. The molecule has 1 aliphatic rings. The van der Waals surface area contributed by atoms with Gasteiger partial charge in [-0.2, -0.15) is 0 Å². The standard InChI is InChI=1S/C20H23BrN2O4/c1-3-27-19-15(21)12-14(13-18(19)26-2)20(25)23-10-8-22(9-11-23)16-6-4-5-7-17(16)24/h4-7,12-13,24H,3,8-11H2,1-2H3. The lowest BCUT2D eigenvalue weighted by Crippen LogP contribution is -2.48. The number of nitrogens with zero attached hydrogens (tertiary/aromatic N) is 2. The smallest absolute Gasteiger partial charge is 0.254 e. The number of aromatic hydroxyl groups is 1. The van der Waals surface area contributed by atoms with E-state index in [-0.39, 0.29) is 11.7 Å². The van der Waals surface area contributed by atoms with Crippen LogP contribution in [0.25, 0.3) is 0 Å². The van der Waals surface area contributed by atoms with Crippen molar-refractivity contribution in [2.45, 2.75) is 6.92 Å². The number of ether oxygens (including phenoxy) is 2. The average Bonchev–Trinajstić information content (AvgIpc) is 2.69. The van der Waals surface area contributed by atoms with Gasteiger partial charge in [-0.3, -0.25) is 4.79 Å². The fraction of sp³-hybridized carbons (Fsp3) is 0.350. The van der Waals surface area contributed by atoms with E-state index in [2.05, 4.69) is 20.8 Å². The van der Waals surface area contributed by atoms with E-state index < -0.39 is 0 Å². The summed E-state index contributed by atoms with van der Waals surface area (Å²) in [5, 5.41) is 10.0. The summed E-state index contributed by atoms with van der Waals surface area (Å²) in [6, 6.07) is 10.8. The van der Waals surface area contributed by atoms with Crippen molar-refractivity contribution in [3.63, 3.8) is 0 Å². The predicted molar refractivity (Wildman–Crippen MR) is 108 cm³/mol. The van der Waals surface area contributed by atoms with Gasteiger partial charge >= 0.3 is 0 Å². The summed E-state index contributed by atoms with van der Waals surface area (Å²) in [6.45, 7) is 4.91. The van der Waals surface area contributed by atoms with Crippen LogP contribution in [-0.2, 0) is 0 Å². The van der Waals surface area contributed by atoms with Crippen molar-refractivity contribution in [2.75, 3.05) is 44.8 Å². The maximum absolute atomic E-state index is 12.9. The Kier molecular flexibility index (Phi) is 6.11. The first-order valence-corrected chi connectivity index (χ1v) is 9.67. The van der Waals surface area contributed by atoms with E-state index in [0.717, 1.165) is 5.69 Å². The number of phenolic OH excluding ortho intramolecular Hbond substituents is 1. The van der Waals surface area contributed by atoms with Crippen LogP contribution >= 0.6 is 15.9 Å². The zero-order valence-corrected chi connectivity index (χ0v) is 17.0. The molecule has 0 radical (unpaired) electrons. The first-order chi connectivity index (χ1) is 13.0. The zero-order valence-electron chi connectivity index (χ0n) is 15.4. The third kappa shape index (κ3) is 4.13. The number of anilines is 1. The molecule has 7 heteroatoms. The molecule has 1 fully saturated rings. The second kappa shape index (κ2) is 8.52. The highest BCUT2D eigenvalue weighted by Gasteiger charge is 2.25. The number of benzene rings is 2. The van der Waals surface area contributed by atoms with Crippen LogP contribution in [0.2, 0.25) is 0 Å². The molecule has 0 atom stereocenters. The van der Waals surface area contributed by atoms with E-state index in [1.54, 1.807) is 31.4 Å². The maximum Gasteiger partial charge on any atom is 0.254 e. The number of hydrogen-bond donors (Lipinski definition) is 1. The van der Waals surface area contributed by atoms with Gasteiger partial charge in [0.25, 0.3) is 5.91 Å². The SMILES string of the molecule is CCOc1c(Br)cc(C(=O)N2CCN(c3ccccc3O)CC2)cc1OC. The van der Waals surface area contributed by atoms with Gasteiger partial charge in [-0.25, -0.2) is 0 Å². The van der Waals surface area contributed by atoms with Crippen LogP contribution in [0.1, 0.15) is 17.3 Å². The van der Waals surface area contributed by atoms with Gasteiger partial charge in [0.1, 0.15) is 5.75 Å². The van der Waals surface area contributed by atoms with E-state index in [1.807, 2.05) is 24.0 Å². The predicted octanol–water partition coefficient (Wildman–Crippen LogP) is 3.52. The van der Waals surface area contributed by atoms with E-state index >= 15 is 0 Å². The molecule has 27 heavy (non-hydrogen) atoms. The molecule has 2 aromatic rings. The molecule has 6 nitrogen and oxygen atoms in total. The molecule has 0 saturated carbocycles. The Morgan fingerprint density at radius 3 is 2.52 bits per heavy atom. The maximum atomic E-state index is 12.9. The second-order valence-corrected chi connectivity index (χ2v) is 7.04. The van der Waals surface area contributed by atoms with Gasteiger partial charge in [0.05, 0.1) is 23.9 Å². The number of carbonyl (C=O) groups excluding carboxylic acids is 1. The molecular formula is C20H23BrN2O4. The van der Waals surface area contributed by atoms with Crippen LogP contribution in [0.4, 0.5) is 5.69 Å². The van der Waals surface area contributed by atoms with Gasteiger partial charge in [0.15, 0.2) is 11.5 Å². The number of para-hydroxylation sites is 2. The number of halogens is 1. The van der Waals surface area contributed by atoms with Gasteiger partial charge in [0.2, 0.25) is 0 Å². The van der Waals surface area contributed by atoms with Crippen molar-refractivity contribution in [2.24, 2.45) is 0 Å². The summed E-state index contributed by atoms with van der Waals surface area (Å²) in [5.41, 5.74) is 1.35. The lowest BCUT2D eigenvalue weighted by Gasteiger charge is -2.36. The summed E-state index contributed by atoms with van der Waals surface area (Å²) in [4.78, 5) is 16.8. The second-order valence-electron chi connectivity index (χ2n) is 6.19. The monoisotopic (exact) mass is 434 g/mol. The third-order valence-corrected chi connectivity index (χ3v) is 5.14. The van der Waals surface area contributed by atoms with Gasteiger partial charge in [-0.15, -0.1) is 0 Å². The molecule has 1 heterocycles. The number of amides is 1. The molecule has 144 valence electrons. The Labute approximate surface area is 167 Å². The number of piperazine rings is 1. The van der Waals surface area contributed by atoms with Crippen LogP contribution in [0, 0.1) is 0 Å². The van der Waals surface area contributed by atoms with Crippen molar-refractivity contribution in [3.8, 4) is 17.2 Å². The average molecular weight is 435 g/mol. The minimum Gasteiger partial charge on any atom is -0.506 e. The Morgan fingerprint density at radius 2 is 1.89 bits per heavy atom. The van der Waals surface area contributed by atoms with E-state index in [1.165, 1.54) is 0 Å². The van der Waals surface area contributed by atoms with Crippen molar-refractivity contribution < 1.29 is 19.4 Å². The van der Waals surface area contributed by atoms with Gasteiger partial charge < -0.3 is 24.4 Å². The number of hydrogen-bond acceptors (Lipinski definition) is 5. The van der Waals surface area contributed by atoms with Gasteiger partial charge in [-0.05, 0) is 47.1 Å². The fourth-order valence-corrected chi connectivity index (χ4v) is 3.75. The molecule has 1 aliphatic heterocycles. The first kappa shape index (κ1) is 19.4. The topological polar surface area (TPSA) is 62.2 Å². The highest BCUT2D eigenvalue weighted by Crippen LogP contribution is 2.37. The molecule has 1 N–H and O–H groups in total. The molecule has 1 amide bonds. The Morgan fingerprint density at radius 1 is 1.19 bits per heavy atom. The Balaban J connectivity index is 1.72. The lowest BCUT2D eigenvalue weighted by atomic mass is 10.1. The van der Waals surface area contributed by atoms with Crippen molar-refractivity contribution in [1.29, 1.82) is 0 Å². The molecular weight excluding hydrogens is 412 g/mol. The molecule has 0 aliphatic carbocycles. The van der Waals surface area contributed by atoms with Crippen LogP contribution < -0.4 is 14.4 Å². The molecule has 2 aromatic carbocycles. The highest BCUT2D eigenvalue weighted by atomic mass is 79.9. The number of methoxy groups -OCH3 is 1. The van der Waals surface area contributed by atoms with E-state index in [9.17, 15) is 9.90 Å². The quantitative estimate of drug-likeness (QED) is 0.779. The molecule has 1 saturated heterocycles. The minimum atomic E-state index is -0.0472. The molecule has 3 rings (SSSR count). The van der Waals surface area contributed by atoms with Gasteiger partial charge in [-0.1, -0.05) is 12.1 Å². The molecule has 0 aromatic heterocycles. The number of carbonyl (C=O) groups is 1. The first-order valence-electron chi connectivity index (χ1n) is 8.87. The van der Waals surface area contributed by atoms with Crippen LogP contribution in [0.15, 0.2) is 40.9 Å². The van der Waals surface area contributed by atoms with Crippen LogP contribution in [0.3, 0.4) is 0 Å². The van der Waals surface area contributed by atoms with Crippen molar-refractivity contribution in [1.82, 2.24) is 4.90 Å². The normalized spacial score (nSPS) is 14.2. The van der Waals surface area contributed by atoms with Crippen molar-refractivity contribution >= 4 is 27.5 Å². The Hall–Kier alpha value is -2.41. The Bertz CT molecular complexity index is 820. The summed E-state index contributed by atoms with van der Waals surface area (Å²) in [6.07, 6.45) is 0. The fourth-order valence-electron chi connectivity index (χ4n) is 3.19. The largest absolute Gasteiger partial charge is 0.506 e. The summed E-state index contributed by atoms with van der Waals surface area (Å²) < 4.78 is 11.7. The van der Waals surface area contributed by atoms with Crippen LogP contribution in [0.5, 0.6) is 17.2 Å². The van der Waals surface area contributed by atoms with Crippen molar-refractivity contribution in [3.05, 3.63) is 46.4 Å². The van der Waals surface area contributed by atoms with E-state index in [0.29, 0.717) is 54.3 Å². The zero-order chi connectivity index (χ0) is 19.4. The van der Waals surface area contributed by atoms with Gasteiger partial charge in [0, 0.05) is 31.7 Å². The summed E-state index contributed by atoms with van der Waals surface area (Å²) >= 11 is 3.47. The van der Waals surface area contributed by atoms with E-state index in [4.69, 9.17) is 9.47 Å².